The zero-order valence-corrected chi connectivity index (χ0v) is 13.3. The predicted octanol–water partition coefficient (Wildman–Crippen LogP) is 2.32. The second kappa shape index (κ2) is 7.32. The number of rotatable bonds is 5. The van der Waals surface area contributed by atoms with E-state index in [0.717, 1.165) is 19.5 Å². The number of hydrogen-bond acceptors (Lipinski definition) is 3. The first-order chi connectivity index (χ1) is 10.3. The Hall–Kier alpha value is -1.00. The van der Waals surface area contributed by atoms with Gasteiger partial charge in [0.1, 0.15) is 0 Å². The number of carbonyl (C=O) groups excluding carboxylic acids is 1. The van der Waals surface area contributed by atoms with Gasteiger partial charge < -0.3 is 10.2 Å². The van der Waals surface area contributed by atoms with Gasteiger partial charge in [0, 0.05) is 31.6 Å². The van der Waals surface area contributed by atoms with Crippen molar-refractivity contribution < 1.29 is 4.79 Å². The third-order valence-electron chi connectivity index (χ3n) is 4.42. The van der Waals surface area contributed by atoms with Gasteiger partial charge in [0.15, 0.2) is 0 Å². The van der Waals surface area contributed by atoms with Gasteiger partial charge in [-0.15, -0.1) is 0 Å². The van der Waals surface area contributed by atoms with Crippen molar-refractivity contribution >= 4 is 17.7 Å². The maximum atomic E-state index is 12.1. The first-order valence-corrected chi connectivity index (χ1v) is 9.12. The average molecular weight is 304 g/mol. The first kappa shape index (κ1) is 14.9. The summed E-state index contributed by atoms with van der Waals surface area (Å²) in [5.41, 5.74) is 1.31. The number of benzene rings is 1. The molecule has 0 spiro atoms. The molecule has 3 nitrogen and oxygen atoms in total. The molecule has 0 aromatic heterocycles. The molecular formula is C17H24N2OS. The van der Waals surface area contributed by atoms with E-state index in [2.05, 4.69) is 29.6 Å². The quantitative estimate of drug-likeness (QED) is 0.906. The Bertz CT molecular complexity index is 459. The molecule has 0 radical (unpaired) electrons. The molecule has 1 aromatic rings. The number of likely N-dealkylation sites (tertiary alicyclic amines) is 1. The molecule has 21 heavy (non-hydrogen) atoms. The zero-order chi connectivity index (χ0) is 14.5. The summed E-state index contributed by atoms with van der Waals surface area (Å²) in [6.45, 7) is 1.73. The molecule has 0 aliphatic carbocycles. The second-order valence-corrected chi connectivity index (χ2v) is 7.25. The Morgan fingerprint density at radius 2 is 1.90 bits per heavy atom. The monoisotopic (exact) mass is 304 g/mol. The van der Waals surface area contributed by atoms with E-state index in [4.69, 9.17) is 0 Å². The Kier molecular flexibility index (Phi) is 5.20. The van der Waals surface area contributed by atoms with Crippen LogP contribution in [-0.2, 0) is 11.2 Å². The molecule has 1 amide bonds. The van der Waals surface area contributed by atoms with E-state index in [-0.39, 0.29) is 0 Å². The molecule has 0 bridgehead atoms. The van der Waals surface area contributed by atoms with Gasteiger partial charge in [-0.3, -0.25) is 4.79 Å². The van der Waals surface area contributed by atoms with E-state index < -0.39 is 0 Å². The smallest absolute Gasteiger partial charge is 0.224 e. The summed E-state index contributed by atoms with van der Waals surface area (Å²) in [5.74, 6) is 2.83. The number of amides is 1. The minimum absolute atomic E-state index is 0.314. The number of carbonyl (C=O) groups is 1. The zero-order valence-electron chi connectivity index (χ0n) is 12.5. The molecule has 1 N–H and O–H groups in total. The molecule has 2 aliphatic rings. The molecule has 4 heteroatoms. The number of hydrogen-bond donors (Lipinski definition) is 1. The third-order valence-corrected chi connectivity index (χ3v) is 5.47. The highest BCUT2D eigenvalue weighted by Gasteiger charge is 2.30. The maximum absolute atomic E-state index is 12.1. The van der Waals surface area contributed by atoms with Crippen molar-refractivity contribution in [1.82, 2.24) is 10.2 Å². The molecule has 1 atom stereocenters. The molecule has 2 heterocycles. The fourth-order valence-electron chi connectivity index (χ4n) is 3.21. The number of nitrogens with zero attached hydrogens (tertiary/aromatic N) is 1. The van der Waals surface area contributed by atoms with E-state index in [1.807, 2.05) is 22.7 Å². The standard InChI is InChI=1S/C17H24N2OS/c20-17-12-16(18-15-7-10-21-11-8-15)13-19(17)9-6-14-4-2-1-3-5-14/h1-5,15-16,18H,6-13H2/t16-/m0/s1. The number of nitrogens with one attached hydrogen (secondary N) is 1. The summed E-state index contributed by atoms with van der Waals surface area (Å²) in [5, 5.41) is 3.70. The molecule has 114 valence electrons. The molecule has 0 unspecified atom stereocenters. The summed E-state index contributed by atoms with van der Waals surface area (Å²) in [6, 6.07) is 11.4. The largest absolute Gasteiger partial charge is 0.341 e. The maximum Gasteiger partial charge on any atom is 0.224 e. The van der Waals surface area contributed by atoms with Gasteiger partial charge in [-0.1, -0.05) is 30.3 Å². The van der Waals surface area contributed by atoms with Crippen molar-refractivity contribution in [1.29, 1.82) is 0 Å². The molecule has 2 fully saturated rings. The molecule has 2 saturated heterocycles. The van der Waals surface area contributed by atoms with E-state index in [1.54, 1.807) is 0 Å². The lowest BCUT2D eigenvalue weighted by Crippen LogP contribution is -2.42. The third kappa shape index (κ3) is 4.24. The molecular weight excluding hydrogens is 280 g/mol. The first-order valence-electron chi connectivity index (χ1n) is 7.97. The van der Waals surface area contributed by atoms with E-state index >= 15 is 0 Å². The van der Waals surface area contributed by atoms with Gasteiger partial charge in [-0.05, 0) is 36.3 Å². The Morgan fingerprint density at radius 3 is 2.67 bits per heavy atom. The highest BCUT2D eigenvalue weighted by atomic mass is 32.2. The summed E-state index contributed by atoms with van der Waals surface area (Å²) in [6.07, 6.45) is 4.14. The van der Waals surface area contributed by atoms with Crippen LogP contribution in [0.3, 0.4) is 0 Å². The van der Waals surface area contributed by atoms with E-state index in [9.17, 15) is 4.79 Å². The van der Waals surface area contributed by atoms with Crippen LogP contribution in [0, 0.1) is 0 Å². The lowest BCUT2D eigenvalue weighted by Gasteiger charge is -2.26. The second-order valence-electron chi connectivity index (χ2n) is 6.03. The Balaban J connectivity index is 1.45. The summed E-state index contributed by atoms with van der Waals surface area (Å²) >= 11 is 2.05. The Labute approximate surface area is 131 Å². The van der Waals surface area contributed by atoms with Crippen LogP contribution < -0.4 is 5.32 Å². The predicted molar refractivity (Wildman–Crippen MR) is 88.6 cm³/mol. The van der Waals surface area contributed by atoms with Crippen LogP contribution in [0.15, 0.2) is 30.3 Å². The molecule has 3 rings (SSSR count). The van der Waals surface area contributed by atoms with Gasteiger partial charge in [-0.25, -0.2) is 0 Å². The van der Waals surface area contributed by atoms with Crippen LogP contribution >= 0.6 is 11.8 Å². The topological polar surface area (TPSA) is 32.3 Å². The highest BCUT2D eigenvalue weighted by Crippen LogP contribution is 2.20. The van der Waals surface area contributed by atoms with Crippen molar-refractivity contribution in [2.24, 2.45) is 0 Å². The van der Waals surface area contributed by atoms with Crippen molar-refractivity contribution in [2.45, 2.75) is 37.8 Å². The van der Waals surface area contributed by atoms with E-state index in [1.165, 1.54) is 29.9 Å². The van der Waals surface area contributed by atoms with Crippen molar-refractivity contribution in [3.63, 3.8) is 0 Å². The molecule has 2 aliphatic heterocycles. The van der Waals surface area contributed by atoms with Crippen molar-refractivity contribution in [3.8, 4) is 0 Å². The van der Waals surface area contributed by atoms with Crippen LogP contribution in [-0.4, -0.2) is 47.5 Å². The van der Waals surface area contributed by atoms with Crippen molar-refractivity contribution in [2.75, 3.05) is 24.6 Å². The summed E-state index contributed by atoms with van der Waals surface area (Å²) in [4.78, 5) is 14.2. The highest BCUT2D eigenvalue weighted by molar-refractivity contribution is 7.99. The normalized spacial score (nSPS) is 23.7. The minimum atomic E-state index is 0.314. The minimum Gasteiger partial charge on any atom is -0.341 e. The van der Waals surface area contributed by atoms with Gasteiger partial charge >= 0.3 is 0 Å². The van der Waals surface area contributed by atoms with Crippen LogP contribution in [0.4, 0.5) is 0 Å². The van der Waals surface area contributed by atoms with Gasteiger partial charge in [0.05, 0.1) is 0 Å². The lowest BCUT2D eigenvalue weighted by molar-refractivity contribution is -0.127. The van der Waals surface area contributed by atoms with Crippen LogP contribution in [0.1, 0.15) is 24.8 Å². The van der Waals surface area contributed by atoms with E-state index in [0.29, 0.717) is 24.4 Å². The average Bonchev–Trinajstić information content (AvgIpc) is 2.87. The van der Waals surface area contributed by atoms with Crippen LogP contribution in [0.25, 0.3) is 0 Å². The van der Waals surface area contributed by atoms with Gasteiger partial charge in [0.2, 0.25) is 5.91 Å². The van der Waals surface area contributed by atoms with Gasteiger partial charge in [0.25, 0.3) is 0 Å². The van der Waals surface area contributed by atoms with Crippen LogP contribution in [0.2, 0.25) is 0 Å². The SMILES string of the molecule is O=C1C[C@H](NC2CCSCC2)CN1CCc1ccccc1. The summed E-state index contributed by atoms with van der Waals surface area (Å²) < 4.78 is 0. The lowest BCUT2D eigenvalue weighted by atomic mass is 10.1. The van der Waals surface area contributed by atoms with Gasteiger partial charge in [-0.2, -0.15) is 11.8 Å². The van der Waals surface area contributed by atoms with Crippen molar-refractivity contribution in [3.05, 3.63) is 35.9 Å². The van der Waals surface area contributed by atoms with Crippen LogP contribution in [0.5, 0.6) is 0 Å². The fourth-order valence-corrected chi connectivity index (χ4v) is 4.31. The number of thioether (sulfide) groups is 1. The molecule has 0 saturated carbocycles. The summed E-state index contributed by atoms with van der Waals surface area (Å²) in [7, 11) is 0. The molecule has 1 aromatic carbocycles. The Morgan fingerprint density at radius 1 is 1.14 bits per heavy atom. The fraction of sp³-hybridized carbons (Fsp3) is 0.588.